The van der Waals surface area contributed by atoms with E-state index >= 15 is 0 Å². The number of aryl methyl sites for hydroxylation is 2. The number of hydrogen-bond acceptors (Lipinski definition) is 2. The Bertz CT molecular complexity index is 407. The van der Waals surface area contributed by atoms with Crippen molar-refractivity contribution in [3.05, 3.63) is 40.5 Å². The van der Waals surface area contributed by atoms with Gasteiger partial charge in [0.15, 0.2) is 6.29 Å². The molecule has 0 aliphatic rings. The molecule has 0 heterocycles. The van der Waals surface area contributed by atoms with Gasteiger partial charge in [0.25, 0.3) is 0 Å². The Labute approximate surface area is 88.0 Å². The smallest absolute Gasteiger partial charge is 0.328 e. The van der Waals surface area contributed by atoms with E-state index in [2.05, 4.69) is 0 Å². The van der Waals surface area contributed by atoms with Crippen molar-refractivity contribution in [3.8, 4) is 0 Å². The molecule has 0 spiro atoms. The zero-order chi connectivity index (χ0) is 11.4. The molecule has 1 aromatic rings. The third-order valence-electron chi connectivity index (χ3n) is 2.15. The average Bonchev–Trinajstić information content (AvgIpc) is 2.14. The molecule has 3 heteroatoms. The number of aldehydes is 1. The Kier molecular flexibility index (Phi) is 3.39. The van der Waals surface area contributed by atoms with Crippen LogP contribution in [0.5, 0.6) is 0 Å². The van der Waals surface area contributed by atoms with Crippen LogP contribution in [0.2, 0.25) is 0 Å². The minimum Gasteiger partial charge on any atom is -0.478 e. The van der Waals surface area contributed by atoms with E-state index < -0.39 is 5.97 Å². The van der Waals surface area contributed by atoms with Crippen LogP contribution in [-0.4, -0.2) is 17.4 Å². The molecule has 1 N–H and O–H groups in total. The predicted molar refractivity (Wildman–Crippen MR) is 58.0 cm³/mol. The van der Waals surface area contributed by atoms with Gasteiger partial charge in [-0.1, -0.05) is 12.1 Å². The molecule has 3 nitrogen and oxygen atoms in total. The van der Waals surface area contributed by atoms with Crippen LogP contribution in [0.4, 0.5) is 0 Å². The summed E-state index contributed by atoms with van der Waals surface area (Å²) in [6, 6.07) is 3.58. The van der Waals surface area contributed by atoms with Crippen molar-refractivity contribution in [2.24, 2.45) is 0 Å². The summed E-state index contributed by atoms with van der Waals surface area (Å²) in [5.41, 5.74) is 3.17. The average molecular weight is 204 g/mol. The number of carboxylic acid groups (broad SMARTS) is 1. The lowest BCUT2D eigenvalue weighted by atomic mass is 10.00. The van der Waals surface area contributed by atoms with Crippen LogP contribution in [0.25, 0.3) is 6.08 Å². The second-order valence-corrected chi connectivity index (χ2v) is 3.36. The molecule has 0 radical (unpaired) electrons. The lowest BCUT2D eigenvalue weighted by Crippen LogP contribution is -1.93. The Morgan fingerprint density at radius 1 is 1.27 bits per heavy atom. The minimum absolute atomic E-state index is 0.669. The number of carbonyl (C=O) groups excluding carboxylic acids is 1. The normalized spacial score (nSPS) is 10.5. The van der Waals surface area contributed by atoms with E-state index in [1.807, 2.05) is 13.8 Å². The topological polar surface area (TPSA) is 54.4 Å². The van der Waals surface area contributed by atoms with Crippen LogP contribution in [0.1, 0.15) is 27.0 Å². The minimum atomic E-state index is -0.982. The standard InChI is InChI=1S/C12H12O3/c1-8-5-10(3-4-12(14)15)6-9(2)11(8)7-13/h3-7H,1-2H3,(H,14,15). The summed E-state index contributed by atoms with van der Waals surface area (Å²) >= 11 is 0. The Morgan fingerprint density at radius 3 is 2.20 bits per heavy atom. The first-order valence-corrected chi connectivity index (χ1v) is 4.52. The SMILES string of the molecule is Cc1cc(C=CC(=O)O)cc(C)c1C=O. The molecular weight excluding hydrogens is 192 g/mol. The van der Waals surface area contributed by atoms with Crippen LogP contribution < -0.4 is 0 Å². The summed E-state index contributed by atoms with van der Waals surface area (Å²) in [6.45, 7) is 3.66. The van der Waals surface area contributed by atoms with Crippen molar-refractivity contribution in [2.75, 3.05) is 0 Å². The highest BCUT2D eigenvalue weighted by atomic mass is 16.4. The maximum atomic E-state index is 10.7. The van der Waals surface area contributed by atoms with Gasteiger partial charge < -0.3 is 5.11 Å². The van der Waals surface area contributed by atoms with Crippen molar-refractivity contribution >= 4 is 18.3 Å². The quantitative estimate of drug-likeness (QED) is 0.606. The van der Waals surface area contributed by atoms with Crippen molar-refractivity contribution in [1.82, 2.24) is 0 Å². The fraction of sp³-hybridized carbons (Fsp3) is 0.167. The Hall–Kier alpha value is -1.90. The molecule has 0 aromatic heterocycles. The van der Waals surface area contributed by atoms with Crippen LogP contribution in [0.3, 0.4) is 0 Å². The van der Waals surface area contributed by atoms with E-state index in [1.165, 1.54) is 6.08 Å². The molecule has 0 aliphatic heterocycles. The highest BCUT2D eigenvalue weighted by Gasteiger charge is 2.02. The summed E-state index contributed by atoms with van der Waals surface area (Å²) in [5.74, 6) is -0.982. The molecule has 0 atom stereocenters. The third kappa shape index (κ3) is 2.77. The largest absolute Gasteiger partial charge is 0.478 e. The van der Waals surface area contributed by atoms with Gasteiger partial charge in [0.2, 0.25) is 0 Å². The lowest BCUT2D eigenvalue weighted by molar-refractivity contribution is -0.131. The van der Waals surface area contributed by atoms with Crippen molar-refractivity contribution in [3.63, 3.8) is 0 Å². The van der Waals surface area contributed by atoms with Crippen molar-refractivity contribution < 1.29 is 14.7 Å². The first-order chi connectivity index (χ1) is 7.04. The van der Waals surface area contributed by atoms with Gasteiger partial charge in [0, 0.05) is 11.6 Å². The van der Waals surface area contributed by atoms with Gasteiger partial charge in [0.05, 0.1) is 0 Å². The van der Waals surface area contributed by atoms with E-state index in [9.17, 15) is 9.59 Å². The molecular formula is C12H12O3. The highest BCUT2D eigenvalue weighted by Crippen LogP contribution is 2.15. The zero-order valence-corrected chi connectivity index (χ0v) is 8.65. The van der Waals surface area contributed by atoms with Gasteiger partial charge >= 0.3 is 5.97 Å². The number of benzene rings is 1. The second-order valence-electron chi connectivity index (χ2n) is 3.36. The van der Waals surface area contributed by atoms with Crippen molar-refractivity contribution in [2.45, 2.75) is 13.8 Å². The molecule has 0 saturated carbocycles. The number of aliphatic carboxylic acids is 1. The molecule has 1 aromatic carbocycles. The molecule has 0 unspecified atom stereocenters. The van der Waals surface area contributed by atoms with E-state index in [0.717, 1.165) is 29.1 Å². The van der Waals surface area contributed by atoms with Crippen LogP contribution in [-0.2, 0) is 4.79 Å². The summed E-state index contributed by atoms with van der Waals surface area (Å²) in [4.78, 5) is 21.0. The predicted octanol–water partition coefficient (Wildman–Crippen LogP) is 2.21. The van der Waals surface area contributed by atoms with Crippen LogP contribution in [0.15, 0.2) is 18.2 Å². The molecule has 0 fully saturated rings. The molecule has 0 amide bonds. The van der Waals surface area contributed by atoms with Crippen LogP contribution >= 0.6 is 0 Å². The molecule has 1 rings (SSSR count). The number of carboxylic acids is 1. The van der Waals surface area contributed by atoms with E-state index in [-0.39, 0.29) is 0 Å². The molecule has 0 aliphatic carbocycles. The summed E-state index contributed by atoms with van der Waals surface area (Å²) in [6.07, 6.45) is 3.40. The first kappa shape index (κ1) is 11.2. The summed E-state index contributed by atoms with van der Waals surface area (Å²) in [5, 5.41) is 8.47. The van der Waals surface area contributed by atoms with Gasteiger partial charge in [-0.15, -0.1) is 0 Å². The molecule has 15 heavy (non-hydrogen) atoms. The maximum Gasteiger partial charge on any atom is 0.328 e. The van der Waals surface area contributed by atoms with Gasteiger partial charge in [0.1, 0.15) is 0 Å². The fourth-order valence-corrected chi connectivity index (χ4v) is 1.46. The number of carbonyl (C=O) groups is 2. The van der Waals surface area contributed by atoms with Crippen molar-refractivity contribution in [1.29, 1.82) is 0 Å². The monoisotopic (exact) mass is 204 g/mol. The number of hydrogen-bond donors (Lipinski definition) is 1. The van der Waals surface area contributed by atoms with Crippen LogP contribution in [0, 0.1) is 13.8 Å². The summed E-state index contributed by atoms with van der Waals surface area (Å²) in [7, 11) is 0. The molecule has 0 saturated heterocycles. The number of rotatable bonds is 3. The summed E-state index contributed by atoms with van der Waals surface area (Å²) < 4.78 is 0. The van der Waals surface area contributed by atoms with E-state index in [0.29, 0.717) is 5.56 Å². The van der Waals surface area contributed by atoms with Gasteiger partial charge in [-0.05, 0) is 36.6 Å². The van der Waals surface area contributed by atoms with Gasteiger partial charge in [-0.2, -0.15) is 0 Å². The van der Waals surface area contributed by atoms with Gasteiger partial charge in [-0.3, -0.25) is 4.79 Å². The van der Waals surface area contributed by atoms with E-state index in [4.69, 9.17) is 5.11 Å². The Morgan fingerprint density at radius 2 is 1.80 bits per heavy atom. The third-order valence-corrected chi connectivity index (χ3v) is 2.15. The molecule has 0 bridgehead atoms. The van der Waals surface area contributed by atoms with E-state index in [1.54, 1.807) is 12.1 Å². The molecule has 78 valence electrons. The maximum absolute atomic E-state index is 10.7. The Balaban J connectivity index is 3.14. The van der Waals surface area contributed by atoms with Gasteiger partial charge in [-0.25, -0.2) is 4.79 Å². The second kappa shape index (κ2) is 4.55. The lowest BCUT2D eigenvalue weighted by Gasteiger charge is -2.04. The fourth-order valence-electron chi connectivity index (χ4n) is 1.46. The zero-order valence-electron chi connectivity index (χ0n) is 8.65. The first-order valence-electron chi connectivity index (χ1n) is 4.52. The highest BCUT2D eigenvalue weighted by molar-refractivity contribution is 5.86.